The van der Waals surface area contributed by atoms with Crippen molar-refractivity contribution in [2.45, 2.75) is 219 Å². The number of methoxy groups -OCH3 is 3. The van der Waals surface area contributed by atoms with Crippen molar-refractivity contribution in [3.63, 3.8) is 0 Å². The molecule has 34 heteroatoms. The maximum absolute atomic E-state index is 14.9. The maximum atomic E-state index is 14.9. The highest BCUT2D eigenvalue weighted by Crippen LogP contribution is 2.41. The first kappa shape index (κ1) is 97.4. The second kappa shape index (κ2) is 44.1. The number of nitrogen functional groups attached to an aromatic ring is 1. The largest absolute Gasteiger partial charge is 0.460 e. The van der Waals surface area contributed by atoms with E-state index in [1.807, 2.05) is 97.0 Å². The first-order valence-electron chi connectivity index (χ1n) is 47.8. The van der Waals surface area contributed by atoms with Gasteiger partial charge >= 0.3 is 12.1 Å². The summed E-state index contributed by atoms with van der Waals surface area (Å²) in [6, 6.07) is 13.3. The van der Waals surface area contributed by atoms with Crippen molar-refractivity contribution < 1.29 is 81.7 Å². The van der Waals surface area contributed by atoms with E-state index in [0.717, 1.165) is 69.8 Å². The number of nitrogens with two attached hydrogens (primary N) is 1. The van der Waals surface area contributed by atoms with Crippen LogP contribution in [0.4, 0.5) is 22.5 Å². The minimum atomic E-state index is -2.49. The maximum Gasteiger partial charge on any atom is 0.410 e. The number of hydrogen-bond donors (Lipinski definition) is 4. The molecule has 0 unspecified atom stereocenters. The summed E-state index contributed by atoms with van der Waals surface area (Å²) in [5.41, 5.74) is 16.4. The molecule has 2 bridgehead atoms. The lowest BCUT2D eigenvalue weighted by atomic mass is 9.78. The van der Waals surface area contributed by atoms with Gasteiger partial charge in [0.15, 0.2) is 11.4 Å². The zero-order valence-corrected chi connectivity index (χ0v) is 78.9. The van der Waals surface area contributed by atoms with Gasteiger partial charge in [-0.15, -0.1) is 0 Å². The summed E-state index contributed by atoms with van der Waals surface area (Å²) >= 11 is 0. The number of benzene rings is 2. The normalized spacial score (nSPS) is 28.2. The molecule has 15 atom stereocenters. The zero-order chi connectivity index (χ0) is 94.6. The van der Waals surface area contributed by atoms with Crippen molar-refractivity contribution in [3.05, 3.63) is 155 Å². The average molecular weight is 1840 g/mol. The number of esters is 1. The van der Waals surface area contributed by atoms with E-state index in [1.165, 1.54) is 23.9 Å². The Labute approximate surface area is 782 Å². The third-order valence-electron chi connectivity index (χ3n) is 28.6. The van der Waals surface area contributed by atoms with Crippen molar-refractivity contribution in [1.29, 1.82) is 0 Å². The fraction of sp³-hybridized carbons (Fsp3) is 0.570. The number of aliphatic hydroxyl groups excluding tert-OH is 1. The molecule has 5 aromatic heterocycles. The molecule has 2 aromatic carbocycles. The number of anilines is 3. The molecule has 7 aromatic rings. The second-order valence-corrected chi connectivity index (χ2v) is 37.9. The van der Waals surface area contributed by atoms with Gasteiger partial charge in [0.25, 0.3) is 17.6 Å². The van der Waals surface area contributed by atoms with Crippen molar-refractivity contribution in [2.75, 3.05) is 129 Å². The number of aromatic amines is 1. The molecule has 8 aliphatic rings. The van der Waals surface area contributed by atoms with E-state index < -0.39 is 102 Å². The molecular formula is C100H131N17O17. The molecule has 15 rings (SSSR count). The summed E-state index contributed by atoms with van der Waals surface area (Å²) in [5, 5.41) is 30.7. The lowest BCUT2D eigenvalue weighted by molar-refractivity contribution is -0.265. The third kappa shape index (κ3) is 22.8. The van der Waals surface area contributed by atoms with Gasteiger partial charge in [-0.3, -0.25) is 33.7 Å². The van der Waals surface area contributed by atoms with Crippen molar-refractivity contribution in [2.24, 2.45) is 35.5 Å². The van der Waals surface area contributed by atoms with Crippen molar-refractivity contribution in [3.8, 4) is 11.3 Å². The number of piperazine rings is 2. The number of carbonyl (C=O) groups excluding carboxylic acids is 8. The molecule has 718 valence electrons. The van der Waals surface area contributed by atoms with E-state index in [2.05, 4.69) is 63.9 Å². The number of ketones is 3. The summed E-state index contributed by atoms with van der Waals surface area (Å²) in [4.78, 5) is 159. The molecule has 134 heavy (non-hydrogen) atoms. The molecule has 4 saturated heterocycles. The van der Waals surface area contributed by atoms with Gasteiger partial charge < -0.3 is 83.5 Å². The standard InChI is InChI=1S/C100H131N17O17/c1-61-16-12-11-13-17-62(2)82(128-8)52-76-24-19-67(7)100(127,134-76)91(122)95(124)116-32-15-14-18-79(116)96(125)132-83(53-80(118)63(3)47-66(6)89(121)90(130-10)88(120)65(5)46-61)64(4)48-68-21-26-81(84(50-68)129-9)133-99(126)115-34-29-78-75(59-115)56-105-98(108-78)113-41-39-111(40-42-113)85(119)30-44-131-45-43-110-35-37-112(38-36-110)97-103-54-74(55-104-97)94(123)114-33-28-70-49-69(20-22-73(70)58-114)57-117-93-86(92(101)106-60-107-93)87(109-117)72-23-25-77-71(51-72)27-31-102-77/h11-13,16-17,20,22-23,25,27,31,47,49,51,54-56,60-61,63-65,67-68,76,79,81-84,89-90,102,121,127H,14-15,18-19,21,24,26,28-30,32-46,48,50,52-53,57-59H2,1-10H3,(H2,101,106,107)/b13-11+,16-12+,62-17+,66-47+/t61-,63-,64-,65-,67-,68+,76+,79+,81-,82+,83+,84-,89-,90+,100-/m1/s1. The van der Waals surface area contributed by atoms with Gasteiger partial charge in [0.05, 0.1) is 67.7 Å². The molecule has 1 aliphatic carbocycles. The van der Waals surface area contributed by atoms with Gasteiger partial charge in [-0.05, 0) is 148 Å². The fourth-order valence-corrected chi connectivity index (χ4v) is 20.4. The molecule has 0 radical (unpaired) electrons. The van der Waals surface area contributed by atoms with E-state index in [4.69, 9.17) is 54.0 Å². The molecule has 7 aliphatic heterocycles. The van der Waals surface area contributed by atoms with Gasteiger partial charge in [-0.25, -0.2) is 44.2 Å². The van der Waals surface area contributed by atoms with Crippen molar-refractivity contribution in [1.82, 2.24) is 69.2 Å². The molecule has 12 heterocycles. The number of hydrogen-bond acceptors (Lipinski definition) is 28. The van der Waals surface area contributed by atoms with Crippen molar-refractivity contribution >= 4 is 86.8 Å². The minimum absolute atomic E-state index is 0.0229. The van der Waals surface area contributed by atoms with E-state index in [-0.39, 0.29) is 74.0 Å². The number of carbonyl (C=O) groups is 8. The van der Waals surface area contributed by atoms with Crippen LogP contribution in [-0.2, 0) is 94.4 Å². The molecule has 5 N–H and O–H groups in total. The summed E-state index contributed by atoms with van der Waals surface area (Å²) in [6.45, 7) is 21.4. The Balaban J connectivity index is 0.485. The third-order valence-corrected chi connectivity index (χ3v) is 28.6. The van der Waals surface area contributed by atoms with Gasteiger partial charge in [0.1, 0.15) is 54.1 Å². The molecular weight excluding hydrogens is 1710 g/mol. The van der Waals surface area contributed by atoms with E-state index in [0.29, 0.717) is 189 Å². The molecule has 0 spiro atoms. The number of Topliss-reactive ketones (excluding diaryl/α,β-unsaturated/α-hetero) is 3. The Bertz CT molecular complexity index is 5490. The van der Waals surface area contributed by atoms with Crippen LogP contribution < -0.4 is 15.5 Å². The SMILES string of the molecule is CO[C@H]1C[C@@H]2CC[C@@H](C)[C@@](O)(O2)C(=O)C(=O)N2CCCC[C@H]2C(=O)O[C@H]([C@H](C)C[C@@H]2CC[C@@H](OC(=O)N3CCc4nc(N5CCN(C(=O)CCOCCN6CCN(c7ncc(C(=O)N8CCc9cc(Cn%10nc(-c%11ccc%12[nH]ccc%12c%11)c%11c(N)ncnc%11%10)ccc9C8)cn7)CC6)CC5)ncc4C3)[C@H](OC)C2)CC(=O)[C@H](C)/C=C(\C)[C@@H](O)[C@@H](OC)C(=O)[C@H](C)C[C@H](C)/C=C/C=C/C=C/1C. The highest BCUT2D eigenvalue weighted by molar-refractivity contribution is 6.39. The first-order valence-corrected chi connectivity index (χ1v) is 47.8. The molecule has 5 fully saturated rings. The predicted octanol–water partition coefficient (Wildman–Crippen LogP) is 9.96. The van der Waals surface area contributed by atoms with Gasteiger partial charge in [0, 0.05) is 190 Å². The number of aromatic nitrogens is 9. The Morgan fingerprint density at radius 1 is 0.716 bits per heavy atom. The molecule has 1 saturated carbocycles. The van der Waals surface area contributed by atoms with E-state index in [9.17, 15) is 48.6 Å². The van der Waals surface area contributed by atoms with Crippen LogP contribution in [0, 0.1) is 35.5 Å². The predicted molar refractivity (Wildman–Crippen MR) is 501 cm³/mol. The Morgan fingerprint density at radius 3 is 2.25 bits per heavy atom. The number of nitrogens with one attached hydrogen (secondary N) is 1. The van der Waals surface area contributed by atoms with Gasteiger partial charge in [0.2, 0.25) is 23.6 Å². The number of ether oxygens (including phenoxy) is 7. The summed E-state index contributed by atoms with van der Waals surface area (Å²) in [5.74, 6) is -7.26. The first-order chi connectivity index (χ1) is 64.6. The van der Waals surface area contributed by atoms with Crippen LogP contribution >= 0.6 is 0 Å². The lowest BCUT2D eigenvalue weighted by Crippen LogP contribution is -2.61. The number of cyclic esters (lactones) is 1. The zero-order valence-electron chi connectivity index (χ0n) is 78.9. The lowest BCUT2D eigenvalue weighted by Gasteiger charge is -2.42. The van der Waals surface area contributed by atoms with Gasteiger partial charge in [-0.2, -0.15) is 5.10 Å². The average Bonchev–Trinajstić information content (AvgIpc) is 1.59. The number of piperidine rings is 1. The van der Waals surface area contributed by atoms with Gasteiger partial charge in [-0.1, -0.05) is 95.3 Å². The number of aliphatic hydroxyl groups is 2. The smallest absolute Gasteiger partial charge is 0.410 e. The van der Waals surface area contributed by atoms with Crippen LogP contribution in [0.15, 0.2) is 121 Å². The number of nitrogens with zero attached hydrogens (tertiary/aromatic N) is 15. The summed E-state index contributed by atoms with van der Waals surface area (Å²) < 4.78 is 44.5. The quantitative estimate of drug-likeness (QED) is 0.0253. The highest BCUT2D eigenvalue weighted by atomic mass is 16.6. The number of rotatable bonds is 19. The number of fused-ring (bicyclic) bond motifs is 7. The number of allylic oxidation sites excluding steroid dienone is 6. The fourth-order valence-electron chi connectivity index (χ4n) is 20.4. The number of H-pyrrole nitrogens is 1. The Kier molecular flexibility index (Phi) is 32.1. The summed E-state index contributed by atoms with van der Waals surface area (Å²) in [7, 11) is 4.53. The van der Waals surface area contributed by atoms with E-state index >= 15 is 0 Å². The topological polar surface area (TPSA) is 401 Å². The molecule has 4 amide bonds. The second-order valence-electron chi connectivity index (χ2n) is 37.9. The van der Waals surface area contributed by atoms with Crippen LogP contribution in [0.5, 0.6) is 0 Å². The molecule has 34 nitrogen and oxygen atoms in total. The minimum Gasteiger partial charge on any atom is -0.460 e. The Hall–Kier alpha value is -11.1. The van der Waals surface area contributed by atoms with Crippen LogP contribution in [0.25, 0.3) is 33.2 Å². The number of amides is 4. The monoisotopic (exact) mass is 1840 g/mol. The Morgan fingerprint density at radius 2 is 1.48 bits per heavy atom. The van der Waals surface area contributed by atoms with Crippen LogP contribution in [0.2, 0.25) is 0 Å². The van der Waals surface area contributed by atoms with Crippen LogP contribution in [0.3, 0.4) is 0 Å². The van der Waals surface area contributed by atoms with E-state index in [1.54, 1.807) is 64.6 Å². The van der Waals surface area contributed by atoms with Crippen LogP contribution in [0.1, 0.15) is 170 Å². The summed E-state index contributed by atoms with van der Waals surface area (Å²) in [6.07, 6.45) is 19.3. The van der Waals surface area contributed by atoms with Crippen LogP contribution in [-0.4, -0.2) is 294 Å². The highest BCUT2D eigenvalue weighted by Gasteiger charge is 2.54.